The lowest BCUT2D eigenvalue weighted by atomic mass is 10.1. The summed E-state index contributed by atoms with van der Waals surface area (Å²) in [5.74, 6) is -0.106. The maximum absolute atomic E-state index is 14.4. The van der Waals surface area contributed by atoms with Crippen LogP contribution < -0.4 is 9.64 Å². The minimum absolute atomic E-state index is 0.00686. The van der Waals surface area contributed by atoms with Crippen LogP contribution in [0.4, 0.5) is 14.9 Å². The fraction of sp³-hybridized carbons (Fsp3) is 0.412. The predicted octanol–water partition coefficient (Wildman–Crippen LogP) is 3.22. The average Bonchev–Trinajstić information content (AvgIpc) is 2.45. The van der Waals surface area contributed by atoms with Crippen molar-refractivity contribution in [3.63, 3.8) is 0 Å². The molecular weight excluding hydrogens is 317 g/mol. The summed E-state index contributed by atoms with van der Waals surface area (Å²) >= 11 is 0. The van der Waals surface area contributed by atoms with E-state index in [1.165, 1.54) is 14.0 Å². The standard InChI is InChI=1S/C17H20FNO5/c1-7-8-19(16(22)24-17(3,4)5)14-10(2)13(18)11(15(20)21)9-12(14)23-6/h1,9H,8H2,2-6H3,(H,20,21). The van der Waals surface area contributed by atoms with Crippen molar-refractivity contribution in [1.29, 1.82) is 0 Å². The second-order valence-corrected chi connectivity index (χ2v) is 5.99. The number of halogens is 1. The summed E-state index contributed by atoms with van der Waals surface area (Å²) in [5.41, 5.74) is -1.39. The van der Waals surface area contributed by atoms with E-state index in [0.29, 0.717) is 0 Å². The first-order chi connectivity index (χ1) is 11.0. The first-order valence-electron chi connectivity index (χ1n) is 7.07. The summed E-state index contributed by atoms with van der Waals surface area (Å²) in [6, 6.07) is 1.01. The van der Waals surface area contributed by atoms with E-state index in [9.17, 15) is 14.0 Å². The Balaban J connectivity index is 3.54. The van der Waals surface area contributed by atoms with Crippen molar-refractivity contribution >= 4 is 17.7 Å². The lowest BCUT2D eigenvalue weighted by Gasteiger charge is -2.28. The Morgan fingerprint density at radius 3 is 2.42 bits per heavy atom. The highest BCUT2D eigenvalue weighted by Gasteiger charge is 2.29. The summed E-state index contributed by atoms with van der Waals surface area (Å²) in [5, 5.41) is 9.07. The molecule has 0 saturated carbocycles. The van der Waals surface area contributed by atoms with Crippen LogP contribution in [-0.4, -0.2) is 36.4 Å². The topological polar surface area (TPSA) is 76.1 Å². The Labute approximate surface area is 140 Å². The number of hydrogen-bond acceptors (Lipinski definition) is 4. The zero-order valence-electron chi connectivity index (χ0n) is 14.3. The van der Waals surface area contributed by atoms with Gasteiger partial charge in [-0.3, -0.25) is 4.90 Å². The number of aromatic carboxylic acids is 1. The number of methoxy groups -OCH3 is 1. The highest BCUT2D eigenvalue weighted by molar-refractivity contribution is 5.95. The Morgan fingerprint density at radius 2 is 2.00 bits per heavy atom. The molecule has 1 rings (SSSR count). The summed E-state index contributed by atoms with van der Waals surface area (Å²) in [4.78, 5) is 24.6. The van der Waals surface area contributed by atoms with Crippen LogP contribution in [0.1, 0.15) is 36.7 Å². The number of carbonyl (C=O) groups excluding carboxylic acids is 1. The van der Waals surface area contributed by atoms with Gasteiger partial charge < -0.3 is 14.6 Å². The van der Waals surface area contributed by atoms with Gasteiger partial charge in [0.05, 0.1) is 24.9 Å². The van der Waals surface area contributed by atoms with E-state index in [-0.39, 0.29) is 23.5 Å². The Kier molecular flexibility index (Phi) is 5.80. The predicted molar refractivity (Wildman–Crippen MR) is 87.1 cm³/mol. The van der Waals surface area contributed by atoms with Crippen molar-refractivity contribution in [3.8, 4) is 18.1 Å². The minimum Gasteiger partial charge on any atom is -0.495 e. The molecule has 0 aromatic heterocycles. The van der Waals surface area contributed by atoms with Gasteiger partial charge in [0.2, 0.25) is 0 Å². The molecule has 7 heteroatoms. The van der Waals surface area contributed by atoms with E-state index in [1.807, 2.05) is 0 Å². The smallest absolute Gasteiger partial charge is 0.415 e. The summed E-state index contributed by atoms with van der Waals surface area (Å²) in [6.45, 7) is 6.18. The molecular formula is C17H20FNO5. The van der Waals surface area contributed by atoms with Gasteiger partial charge in [-0.25, -0.2) is 14.0 Å². The molecule has 0 spiro atoms. The molecule has 130 valence electrons. The maximum Gasteiger partial charge on any atom is 0.415 e. The molecule has 0 fully saturated rings. The minimum atomic E-state index is -1.44. The third-order valence-electron chi connectivity index (χ3n) is 3.01. The number of carbonyl (C=O) groups is 2. The van der Waals surface area contributed by atoms with E-state index in [0.717, 1.165) is 11.0 Å². The van der Waals surface area contributed by atoms with Gasteiger partial charge >= 0.3 is 12.1 Å². The Morgan fingerprint density at radius 1 is 1.42 bits per heavy atom. The van der Waals surface area contributed by atoms with Crippen molar-refractivity contribution in [3.05, 3.63) is 23.0 Å². The van der Waals surface area contributed by atoms with Gasteiger partial charge in [-0.1, -0.05) is 5.92 Å². The number of carboxylic acids is 1. The number of ether oxygens (including phenoxy) is 2. The molecule has 24 heavy (non-hydrogen) atoms. The van der Waals surface area contributed by atoms with Crippen LogP contribution >= 0.6 is 0 Å². The van der Waals surface area contributed by atoms with Crippen molar-refractivity contribution in [2.75, 3.05) is 18.6 Å². The van der Waals surface area contributed by atoms with Crippen molar-refractivity contribution in [2.45, 2.75) is 33.3 Å². The number of nitrogens with zero attached hydrogens (tertiary/aromatic N) is 1. The van der Waals surface area contributed by atoms with Crippen LogP contribution in [0.25, 0.3) is 0 Å². The molecule has 0 heterocycles. The van der Waals surface area contributed by atoms with E-state index >= 15 is 0 Å². The van der Waals surface area contributed by atoms with Gasteiger partial charge in [-0.05, 0) is 33.8 Å². The monoisotopic (exact) mass is 337 g/mol. The fourth-order valence-corrected chi connectivity index (χ4v) is 2.04. The normalized spacial score (nSPS) is 10.7. The molecule has 0 unspecified atom stereocenters. The quantitative estimate of drug-likeness (QED) is 0.854. The van der Waals surface area contributed by atoms with Crippen LogP contribution in [0.15, 0.2) is 6.07 Å². The lowest BCUT2D eigenvalue weighted by molar-refractivity contribution is 0.0583. The highest BCUT2D eigenvalue weighted by Crippen LogP contribution is 2.36. The number of terminal acetylenes is 1. The van der Waals surface area contributed by atoms with Gasteiger partial charge in [0.1, 0.15) is 17.2 Å². The molecule has 1 amide bonds. The molecule has 0 atom stereocenters. The molecule has 1 N–H and O–H groups in total. The number of hydrogen-bond donors (Lipinski definition) is 1. The van der Waals surface area contributed by atoms with E-state index < -0.39 is 29.0 Å². The van der Waals surface area contributed by atoms with Gasteiger partial charge in [0.25, 0.3) is 0 Å². The van der Waals surface area contributed by atoms with Gasteiger partial charge in [0.15, 0.2) is 0 Å². The van der Waals surface area contributed by atoms with Crippen molar-refractivity contribution in [1.82, 2.24) is 0 Å². The van der Waals surface area contributed by atoms with Crippen molar-refractivity contribution in [2.24, 2.45) is 0 Å². The molecule has 6 nitrogen and oxygen atoms in total. The molecule has 0 saturated heterocycles. The highest BCUT2D eigenvalue weighted by atomic mass is 19.1. The van der Waals surface area contributed by atoms with Crippen molar-refractivity contribution < 1.29 is 28.6 Å². The third-order valence-corrected chi connectivity index (χ3v) is 3.01. The van der Waals surface area contributed by atoms with Crippen LogP contribution in [0.2, 0.25) is 0 Å². The summed E-state index contributed by atoms with van der Waals surface area (Å²) < 4.78 is 24.8. The Bertz CT molecular complexity index is 700. The van der Waals surface area contributed by atoms with E-state index in [4.69, 9.17) is 21.0 Å². The second-order valence-electron chi connectivity index (χ2n) is 5.99. The molecule has 0 bridgehead atoms. The summed E-state index contributed by atoms with van der Waals surface area (Å²) in [7, 11) is 1.28. The zero-order chi connectivity index (χ0) is 18.7. The second kappa shape index (κ2) is 7.21. The van der Waals surface area contributed by atoms with Gasteiger partial charge in [-0.2, -0.15) is 0 Å². The Hall–Kier alpha value is -2.75. The molecule has 0 aliphatic rings. The van der Waals surface area contributed by atoms with Gasteiger partial charge in [-0.15, -0.1) is 6.42 Å². The molecule has 0 radical (unpaired) electrons. The number of rotatable bonds is 4. The zero-order valence-corrected chi connectivity index (χ0v) is 14.3. The number of amides is 1. The van der Waals surface area contributed by atoms with Crippen LogP contribution in [0.5, 0.6) is 5.75 Å². The van der Waals surface area contributed by atoms with Crippen LogP contribution in [-0.2, 0) is 4.74 Å². The van der Waals surface area contributed by atoms with Crippen LogP contribution in [0, 0.1) is 25.1 Å². The molecule has 1 aromatic carbocycles. The third kappa shape index (κ3) is 4.16. The fourth-order valence-electron chi connectivity index (χ4n) is 2.04. The first kappa shape index (κ1) is 19.3. The molecule has 0 aliphatic heterocycles. The summed E-state index contributed by atoms with van der Waals surface area (Å²) in [6.07, 6.45) is 4.51. The number of carboxylic acid groups (broad SMARTS) is 1. The maximum atomic E-state index is 14.4. The average molecular weight is 337 g/mol. The largest absolute Gasteiger partial charge is 0.495 e. The lowest BCUT2D eigenvalue weighted by Crippen LogP contribution is -2.38. The molecule has 1 aromatic rings. The molecule has 0 aliphatic carbocycles. The van der Waals surface area contributed by atoms with Crippen LogP contribution in [0.3, 0.4) is 0 Å². The SMILES string of the molecule is C#CCN(C(=O)OC(C)(C)C)c1c(OC)cc(C(=O)O)c(F)c1C. The number of anilines is 1. The van der Waals surface area contributed by atoms with E-state index in [2.05, 4.69) is 5.92 Å². The number of benzene rings is 1. The van der Waals surface area contributed by atoms with E-state index in [1.54, 1.807) is 20.8 Å². The first-order valence-corrected chi connectivity index (χ1v) is 7.07. The van der Waals surface area contributed by atoms with Gasteiger partial charge in [0, 0.05) is 5.56 Å².